The molecule has 0 spiro atoms. The van der Waals surface area contributed by atoms with Gasteiger partial charge in [0, 0.05) is 11.6 Å². The molecule has 1 aliphatic rings. The standard InChI is InChI=1S/C25H41NO2/c1-2-3-4-5-6-7-8-9-10-11-12-13-14-15-17-22-20-21-24-23(22)18-16-19-25(24)26(27)28/h16,18-19,22H,2-15,17,20-21H2,1H3. The molecular weight excluding hydrogens is 346 g/mol. The predicted molar refractivity (Wildman–Crippen MR) is 119 cm³/mol. The number of nitro benzene ring substituents is 1. The molecule has 0 bridgehead atoms. The van der Waals surface area contributed by atoms with Crippen molar-refractivity contribution in [1.29, 1.82) is 0 Å². The van der Waals surface area contributed by atoms with Crippen LogP contribution in [-0.4, -0.2) is 4.92 Å². The van der Waals surface area contributed by atoms with Crippen LogP contribution in [0, 0.1) is 10.1 Å². The summed E-state index contributed by atoms with van der Waals surface area (Å²) in [7, 11) is 0. The molecule has 0 saturated heterocycles. The van der Waals surface area contributed by atoms with Gasteiger partial charge < -0.3 is 0 Å². The highest BCUT2D eigenvalue weighted by Crippen LogP contribution is 2.40. The number of hydrogen-bond acceptors (Lipinski definition) is 2. The zero-order valence-electron chi connectivity index (χ0n) is 18.1. The molecule has 3 nitrogen and oxygen atoms in total. The molecule has 0 aromatic heterocycles. The lowest BCUT2D eigenvalue weighted by Gasteiger charge is -2.11. The van der Waals surface area contributed by atoms with E-state index >= 15 is 0 Å². The molecule has 0 fully saturated rings. The Labute approximate surface area is 172 Å². The Morgan fingerprint density at radius 2 is 1.39 bits per heavy atom. The van der Waals surface area contributed by atoms with Crippen molar-refractivity contribution < 1.29 is 4.92 Å². The Bertz CT molecular complexity index is 570. The van der Waals surface area contributed by atoms with Gasteiger partial charge in [0.1, 0.15) is 0 Å². The maximum Gasteiger partial charge on any atom is 0.272 e. The van der Waals surface area contributed by atoms with Crippen LogP contribution in [0.15, 0.2) is 18.2 Å². The van der Waals surface area contributed by atoms with Crippen LogP contribution < -0.4 is 0 Å². The summed E-state index contributed by atoms with van der Waals surface area (Å²) in [5, 5.41) is 11.2. The molecule has 1 aromatic rings. The van der Waals surface area contributed by atoms with E-state index in [0.29, 0.717) is 11.6 Å². The molecule has 1 unspecified atom stereocenters. The summed E-state index contributed by atoms with van der Waals surface area (Å²) in [5.74, 6) is 0.548. The molecule has 158 valence electrons. The van der Waals surface area contributed by atoms with E-state index in [9.17, 15) is 10.1 Å². The van der Waals surface area contributed by atoms with Crippen LogP contribution in [0.2, 0.25) is 0 Å². The molecule has 0 saturated carbocycles. The minimum Gasteiger partial charge on any atom is -0.258 e. The van der Waals surface area contributed by atoms with E-state index in [-0.39, 0.29) is 4.92 Å². The van der Waals surface area contributed by atoms with Crippen LogP contribution in [0.3, 0.4) is 0 Å². The zero-order chi connectivity index (χ0) is 20.0. The van der Waals surface area contributed by atoms with Gasteiger partial charge in [0.15, 0.2) is 0 Å². The van der Waals surface area contributed by atoms with Gasteiger partial charge in [-0.2, -0.15) is 0 Å². The molecule has 0 amide bonds. The molecule has 0 radical (unpaired) electrons. The van der Waals surface area contributed by atoms with Crippen LogP contribution in [-0.2, 0) is 6.42 Å². The van der Waals surface area contributed by atoms with Crippen molar-refractivity contribution in [1.82, 2.24) is 0 Å². The smallest absolute Gasteiger partial charge is 0.258 e. The lowest BCUT2D eigenvalue weighted by Crippen LogP contribution is -1.96. The molecule has 0 heterocycles. The minimum atomic E-state index is -0.215. The van der Waals surface area contributed by atoms with Gasteiger partial charge in [-0.05, 0) is 30.7 Å². The first-order valence-electron chi connectivity index (χ1n) is 12.0. The highest BCUT2D eigenvalue weighted by atomic mass is 16.6. The SMILES string of the molecule is CCCCCCCCCCCCCCCCC1CCc2c1cccc2[N+](=O)[O-]. The van der Waals surface area contributed by atoms with Gasteiger partial charge in [0.05, 0.1) is 4.92 Å². The zero-order valence-corrected chi connectivity index (χ0v) is 18.1. The second-order valence-corrected chi connectivity index (χ2v) is 8.72. The van der Waals surface area contributed by atoms with Crippen molar-refractivity contribution in [2.75, 3.05) is 0 Å². The second kappa shape index (κ2) is 13.7. The molecule has 1 aliphatic carbocycles. The molecule has 1 aromatic carbocycles. The van der Waals surface area contributed by atoms with Crippen molar-refractivity contribution in [3.63, 3.8) is 0 Å². The number of unbranched alkanes of at least 4 members (excludes halogenated alkanes) is 13. The first-order valence-corrected chi connectivity index (χ1v) is 12.0. The first-order chi connectivity index (χ1) is 13.7. The van der Waals surface area contributed by atoms with E-state index in [1.807, 2.05) is 6.07 Å². The predicted octanol–water partition coefficient (Wildman–Crippen LogP) is 8.50. The molecule has 0 aliphatic heterocycles. The number of benzene rings is 1. The average molecular weight is 388 g/mol. The van der Waals surface area contributed by atoms with Crippen molar-refractivity contribution in [3.05, 3.63) is 39.4 Å². The van der Waals surface area contributed by atoms with Crippen LogP contribution in [0.4, 0.5) is 5.69 Å². The van der Waals surface area contributed by atoms with Crippen molar-refractivity contribution >= 4 is 5.69 Å². The second-order valence-electron chi connectivity index (χ2n) is 8.72. The maximum atomic E-state index is 11.2. The van der Waals surface area contributed by atoms with Crippen molar-refractivity contribution in [2.24, 2.45) is 0 Å². The first kappa shape index (κ1) is 22.9. The Morgan fingerprint density at radius 3 is 1.93 bits per heavy atom. The van der Waals surface area contributed by atoms with Gasteiger partial charge in [-0.15, -0.1) is 0 Å². The van der Waals surface area contributed by atoms with E-state index in [4.69, 9.17) is 0 Å². The summed E-state index contributed by atoms with van der Waals surface area (Å²) in [5.41, 5.74) is 2.59. The number of hydrogen-bond donors (Lipinski definition) is 0. The molecule has 0 N–H and O–H groups in total. The van der Waals surface area contributed by atoms with E-state index in [0.717, 1.165) is 18.4 Å². The third-order valence-corrected chi connectivity index (χ3v) is 6.47. The number of nitrogens with zero attached hydrogens (tertiary/aromatic N) is 1. The van der Waals surface area contributed by atoms with Gasteiger partial charge in [-0.25, -0.2) is 0 Å². The lowest BCUT2D eigenvalue weighted by molar-refractivity contribution is -0.385. The summed E-state index contributed by atoms with van der Waals surface area (Å²) in [6, 6.07) is 5.64. The number of rotatable bonds is 16. The van der Waals surface area contributed by atoms with Gasteiger partial charge in [0.2, 0.25) is 0 Å². The monoisotopic (exact) mass is 387 g/mol. The van der Waals surface area contributed by atoms with Crippen molar-refractivity contribution in [3.8, 4) is 0 Å². The molecular formula is C25H41NO2. The fourth-order valence-electron chi connectivity index (χ4n) is 4.78. The van der Waals surface area contributed by atoms with E-state index < -0.39 is 0 Å². The Kier molecular flexibility index (Phi) is 11.2. The summed E-state index contributed by atoms with van der Waals surface area (Å²) in [4.78, 5) is 11.0. The minimum absolute atomic E-state index is 0.215. The maximum absolute atomic E-state index is 11.2. The summed E-state index contributed by atoms with van der Waals surface area (Å²) >= 11 is 0. The summed E-state index contributed by atoms with van der Waals surface area (Å²) in [6.45, 7) is 2.28. The number of nitro groups is 1. The largest absolute Gasteiger partial charge is 0.272 e. The quantitative estimate of drug-likeness (QED) is 0.162. The molecule has 1 atom stereocenters. The third kappa shape index (κ3) is 7.93. The van der Waals surface area contributed by atoms with Gasteiger partial charge >= 0.3 is 0 Å². The number of fused-ring (bicyclic) bond motifs is 1. The fraction of sp³-hybridized carbons (Fsp3) is 0.760. The highest BCUT2D eigenvalue weighted by molar-refractivity contribution is 5.49. The Morgan fingerprint density at radius 1 is 0.857 bits per heavy atom. The summed E-state index contributed by atoms with van der Waals surface area (Å²) < 4.78 is 0. The van der Waals surface area contributed by atoms with Crippen LogP contribution in [0.25, 0.3) is 0 Å². The molecule has 3 heteroatoms. The van der Waals surface area contributed by atoms with Gasteiger partial charge in [-0.1, -0.05) is 109 Å². The molecule has 2 rings (SSSR count). The van der Waals surface area contributed by atoms with Crippen LogP contribution >= 0.6 is 0 Å². The lowest BCUT2D eigenvalue weighted by atomic mass is 9.94. The molecule has 28 heavy (non-hydrogen) atoms. The van der Waals surface area contributed by atoms with E-state index in [1.54, 1.807) is 6.07 Å². The fourth-order valence-corrected chi connectivity index (χ4v) is 4.78. The van der Waals surface area contributed by atoms with Gasteiger partial charge in [0.25, 0.3) is 5.69 Å². The Hall–Kier alpha value is -1.38. The van der Waals surface area contributed by atoms with Crippen LogP contribution in [0.5, 0.6) is 0 Å². The normalized spacial score (nSPS) is 15.7. The third-order valence-electron chi connectivity index (χ3n) is 6.47. The summed E-state index contributed by atoms with van der Waals surface area (Å²) in [6.07, 6.45) is 22.7. The Balaban J connectivity index is 1.45. The van der Waals surface area contributed by atoms with Gasteiger partial charge in [-0.3, -0.25) is 10.1 Å². The average Bonchev–Trinajstić information content (AvgIpc) is 3.11. The highest BCUT2D eigenvalue weighted by Gasteiger charge is 2.28. The van der Waals surface area contributed by atoms with Crippen LogP contribution in [0.1, 0.15) is 127 Å². The van der Waals surface area contributed by atoms with E-state index in [2.05, 4.69) is 13.0 Å². The van der Waals surface area contributed by atoms with Crippen molar-refractivity contribution in [2.45, 2.75) is 122 Å². The van der Waals surface area contributed by atoms with E-state index in [1.165, 1.54) is 102 Å². The topological polar surface area (TPSA) is 43.1 Å².